The SMILES string of the molecule is CCCN(C)C1CCC(C(O[Si](CC)(CC)CC)(C(F)(F)F)C(F)(F)F)CC1. The normalized spacial score (nSPS) is 22.7. The van der Waals surface area contributed by atoms with Crippen LogP contribution in [0.25, 0.3) is 0 Å². The first-order valence-corrected chi connectivity index (χ1v) is 12.9. The summed E-state index contributed by atoms with van der Waals surface area (Å²) in [7, 11) is -1.27. The van der Waals surface area contributed by atoms with Crippen molar-refractivity contribution in [1.29, 1.82) is 0 Å². The highest BCUT2D eigenvalue weighted by Crippen LogP contribution is 2.56. The van der Waals surface area contributed by atoms with Gasteiger partial charge >= 0.3 is 12.4 Å². The van der Waals surface area contributed by atoms with Crippen LogP contribution in [-0.4, -0.2) is 50.8 Å². The van der Waals surface area contributed by atoms with Crippen LogP contribution in [-0.2, 0) is 4.43 Å². The first-order valence-electron chi connectivity index (χ1n) is 10.4. The van der Waals surface area contributed by atoms with Crippen molar-refractivity contribution >= 4 is 8.32 Å². The van der Waals surface area contributed by atoms with Crippen LogP contribution in [0, 0.1) is 5.92 Å². The summed E-state index contributed by atoms with van der Waals surface area (Å²) in [5.41, 5.74) is -4.05. The molecule has 0 aliphatic heterocycles. The van der Waals surface area contributed by atoms with Gasteiger partial charge in [0.2, 0.25) is 0 Å². The Morgan fingerprint density at radius 2 is 1.25 bits per heavy atom. The molecule has 0 saturated heterocycles. The molecule has 0 radical (unpaired) electrons. The molecule has 0 amide bonds. The van der Waals surface area contributed by atoms with Gasteiger partial charge in [-0.05, 0) is 63.8 Å². The number of alkyl halides is 6. The average molecular weight is 436 g/mol. The Kier molecular flexibility index (Phi) is 8.91. The van der Waals surface area contributed by atoms with E-state index >= 15 is 0 Å². The summed E-state index contributed by atoms with van der Waals surface area (Å²) >= 11 is 0. The molecule has 1 aliphatic rings. The second-order valence-corrected chi connectivity index (χ2v) is 12.8. The first-order chi connectivity index (χ1) is 12.8. The molecule has 0 heterocycles. The zero-order valence-corrected chi connectivity index (χ0v) is 18.6. The second-order valence-electron chi connectivity index (χ2n) is 8.06. The maximum atomic E-state index is 14.1. The molecular formula is C19H35F6NOSi. The summed E-state index contributed by atoms with van der Waals surface area (Å²) in [5, 5.41) is 0. The Labute approximate surface area is 166 Å². The lowest BCUT2D eigenvalue weighted by molar-refractivity contribution is -0.380. The number of hydrogen-bond acceptors (Lipinski definition) is 2. The molecule has 1 fully saturated rings. The highest BCUT2D eigenvalue weighted by atomic mass is 28.4. The van der Waals surface area contributed by atoms with Crippen LogP contribution in [0.1, 0.15) is 59.8 Å². The van der Waals surface area contributed by atoms with Crippen molar-refractivity contribution in [2.75, 3.05) is 13.6 Å². The molecule has 0 atom stereocenters. The minimum absolute atomic E-state index is 0.0286. The van der Waals surface area contributed by atoms with Crippen LogP contribution in [0.4, 0.5) is 26.3 Å². The molecule has 0 N–H and O–H groups in total. The van der Waals surface area contributed by atoms with Gasteiger partial charge in [0.1, 0.15) is 0 Å². The Morgan fingerprint density at radius 3 is 1.57 bits per heavy atom. The van der Waals surface area contributed by atoms with Gasteiger partial charge in [0.05, 0.1) is 0 Å². The highest BCUT2D eigenvalue weighted by molar-refractivity contribution is 6.73. The fourth-order valence-corrected chi connectivity index (χ4v) is 7.60. The molecule has 1 saturated carbocycles. The van der Waals surface area contributed by atoms with Crippen LogP contribution in [0.15, 0.2) is 0 Å². The van der Waals surface area contributed by atoms with Gasteiger partial charge in [-0.15, -0.1) is 0 Å². The molecule has 168 valence electrons. The molecule has 28 heavy (non-hydrogen) atoms. The van der Waals surface area contributed by atoms with Crippen LogP contribution in [0.3, 0.4) is 0 Å². The Hall–Kier alpha value is -0.283. The van der Waals surface area contributed by atoms with E-state index in [1.54, 1.807) is 20.8 Å². The van der Waals surface area contributed by atoms with Crippen LogP contribution < -0.4 is 0 Å². The Balaban J connectivity index is 3.30. The predicted octanol–water partition coefficient (Wildman–Crippen LogP) is 6.77. The summed E-state index contributed by atoms with van der Waals surface area (Å²) in [6.45, 7) is 7.72. The van der Waals surface area contributed by atoms with Gasteiger partial charge in [0.25, 0.3) is 5.60 Å². The van der Waals surface area contributed by atoms with Gasteiger partial charge in [-0.2, -0.15) is 26.3 Å². The first kappa shape index (κ1) is 25.8. The molecule has 1 aliphatic carbocycles. The number of nitrogens with zero attached hydrogens (tertiary/aromatic N) is 1. The molecular weight excluding hydrogens is 400 g/mol. The monoisotopic (exact) mass is 435 g/mol. The summed E-state index contributed by atoms with van der Waals surface area (Å²) in [5.74, 6) is -1.59. The van der Waals surface area contributed by atoms with Crippen molar-refractivity contribution < 1.29 is 30.8 Å². The molecule has 0 spiro atoms. The lowest BCUT2D eigenvalue weighted by Crippen LogP contribution is -2.68. The van der Waals surface area contributed by atoms with E-state index in [9.17, 15) is 26.3 Å². The van der Waals surface area contributed by atoms with Crippen molar-refractivity contribution in [3.63, 3.8) is 0 Å². The van der Waals surface area contributed by atoms with E-state index in [0.29, 0.717) is 12.8 Å². The lowest BCUT2D eigenvalue weighted by Gasteiger charge is -2.50. The van der Waals surface area contributed by atoms with Crippen LogP contribution in [0.2, 0.25) is 18.1 Å². The van der Waals surface area contributed by atoms with Crippen LogP contribution in [0.5, 0.6) is 0 Å². The van der Waals surface area contributed by atoms with Gasteiger partial charge in [-0.1, -0.05) is 27.7 Å². The van der Waals surface area contributed by atoms with Gasteiger partial charge in [-0.3, -0.25) is 0 Å². The molecule has 9 heteroatoms. The topological polar surface area (TPSA) is 12.5 Å². The smallest absolute Gasteiger partial charge is 0.396 e. The molecule has 2 nitrogen and oxygen atoms in total. The standard InChI is InChI=1S/C19H35F6NOSi/c1-6-14-26(5)16-12-10-15(11-13-16)17(18(20,21)22,19(23,24)25)27-28(7-2,8-3)9-4/h15-16H,6-14H2,1-5H3. The molecule has 0 unspecified atom stereocenters. The van der Waals surface area contributed by atoms with Crippen molar-refractivity contribution in [3.8, 4) is 0 Å². The van der Waals surface area contributed by atoms with Crippen molar-refractivity contribution in [2.45, 2.75) is 102 Å². The van der Waals surface area contributed by atoms with E-state index in [4.69, 9.17) is 4.43 Å². The van der Waals surface area contributed by atoms with Crippen LogP contribution >= 0.6 is 0 Å². The quantitative estimate of drug-likeness (QED) is 0.293. The molecule has 0 bridgehead atoms. The van der Waals surface area contributed by atoms with E-state index in [2.05, 4.69) is 0 Å². The summed E-state index contributed by atoms with van der Waals surface area (Å²) in [4.78, 5) is 2.04. The molecule has 0 aromatic rings. The molecule has 0 aromatic carbocycles. The average Bonchev–Trinajstić information content (AvgIpc) is 2.62. The number of rotatable bonds is 9. The van der Waals surface area contributed by atoms with E-state index in [1.165, 1.54) is 0 Å². The third-order valence-corrected chi connectivity index (χ3v) is 11.2. The number of halogens is 6. The van der Waals surface area contributed by atoms with E-state index in [1.807, 2.05) is 18.9 Å². The highest BCUT2D eigenvalue weighted by Gasteiger charge is 2.76. The summed E-state index contributed by atoms with van der Waals surface area (Å²) in [6.07, 6.45) is -9.68. The minimum Gasteiger partial charge on any atom is -0.396 e. The Bertz CT molecular complexity index is 448. The zero-order valence-electron chi connectivity index (χ0n) is 17.6. The molecule has 1 rings (SSSR count). The summed E-state index contributed by atoms with van der Waals surface area (Å²) in [6, 6.07) is 0.744. The van der Waals surface area contributed by atoms with Gasteiger partial charge in [-0.25, -0.2) is 0 Å². The minimum atomic E-state index is -5.49. The van der Waals surface area contributed by atoms with E-state index < -0.39 is 32.2 Å². The van der Waals surface area contributed by atoms with E-state index in [-0.39, 0.29) is 37.0 Å². The van der Waals surface area contributed by atoms with Crippen molar-refractivity contribution in [3.05, 3.63) is 0 Å². The summed E-state index contributed by atoms with van der Waals surface area (Å²) < 4.78 is 90.2. The van der Waals surface area contributed by atoms with Gasteiger partial charge in [0, 0.05) is 12.0 Å². The van der Waals surface area contributed by atoms with Crippen molar-refractivity contribution in [2.24, 2.45) is 5.92 Å². The Morgan fingerprint density at radius 1 is 0.821 bits per heavy atom. The number of hydrogen-bond donors (Lipinski definition) is 0. The molecule has 0 aromatic heterocycles. The third-order valence-electron chi connectivity index (χ3n) is 6.62. The fourth-order valence-electron chi connectivity index (χ4n) is 4.59. The fraction of sp³-hybridized carbons (Fsp3) is 1.00. The second kappa shape index (κ2) is 9.68. The van der Waals surface area contributed by atoms with Gasteiger partial charge in [0.15, 0.2) is 8.32 Å². The maximum absolute atomic E-state index is 14.1. The largest absolute Gasteiger partial charge is 0.425 e. The zero-order chi connectivity index (χ0) is 21.8. The van der Waals surface area contributed by atoms with Crippen molar-refractivity contribution in [1.82, 2.24) is 4.90 Å². The lowest BCUT2D eigenvalue weighted by atomic mass is 9.74. The third kappa shape index (κ3) is 5.06. The maximum Gasteiger partial charge on any atom is 0.425 e. The predicted molar refractivity (Wildman–Crippen MR) is 102 cm³/mol. The van der Waals surface area contributed by atoms with Gasteiger partial charge < -0.3 is 9.33 Å². The van der Waals surface area contributed by atoms with E-state index in [0.717, 1.165) is 13.0 Å².